The number of esters is 1. The number of carbonyl (C=O) groups excluding carboxylic acids is 1. The van der Waals surface area contributed by atoms with Gasteiger partial charge in [-0.25, -0.2) is 0 Å². The number of nitrogens with one attached hydrogen (secondary N) is 1. The zero-order valence-electron chi connectivity index (χ0n) is 20.4. The first-order valence-electron chi connectivity index (χ1n) is 12.7. The fourth-order valence-electron chi connectivity index (χ4n) is 8.52. The van der Waals surface area contributed by atoms with Crippen LogP contribution < -0.4 is 5.32 Å². The van der Waals surface area contributed by atoms with E-state index < -0.39 is 5.60 Å². The molecule has 2 bridgehead atoms. The molecule has 9 atom stereocenters. The van der Waals surface area contributed by atoms with Crippen molar-refractivity contribution in [1.82, 2.24) is 10.2 Å². The molecule has 5 fully saturated rings. The maximum Gasteiger partial charge on any atom is 0.307 e. The number of aliphatic hydroxyl groups is 1. The van der Waals surface area contributed by atoms with Crippen LogP contribution in [0.1, 0.15) is 65.7 Å². The predicted octanol–water partition coefficient (Wildman–Crippen LogP) is 2.10. The number of aliphatic hydroxyl groups excluding tert-OH is 1. The van der Waals surface area contributed by atoms with Gasteiger partial charge < -0.3 is 29.5 Å². The second-order valence-electron chi connectivity index (χ2n) is 12.0. The molecular weight excluding hydrogens is 408 g/mol. The number of likely N-dealkylation sites (tertiary alicyclic amines) is 1. The molecule has 2 aliphatic heterocycles. The molecule has 3 saturated carbocycles. The molecule has 32 heavy (non-hydrogen) atoms. The van der Waals surface area contributed by atoms with Crippen molar-refractivity contribution in [2.75, 3.05) is 27.2 Å². The summed E-state index contributed by atoms with van der Waals surface area (Å²) in [7, 11) is 4.15. The number of ether oxygens (including phenoxy) is 3. The van der Waals surface area contributed by atoms with Crippen molar-refractivity contribution in [1.29, 1.82) is 0 Å². The summed E-state index contributed by atoms with van der Waals surface area (Å²) in [6.07, 6.45) is 5.95. The summed E-state index contributed by atoms with van der Waals surface area (Å²) in [5.41, 5.74) is -0.754. The van der Waals surface area contributed by atoms with E-state index >= 15 is 0 Å². The minimum absolute atomic E-state index is 0.0107. The molecule has 2 N–H and O–H groups in total. The zero-order valence-corrected chi connectivity index (χ0v) is 20.4. The highest BCUT2D eigenvalue weighted by Gasteiger charge is 2.77. The van der Waals surface area contributed by atoms with E-state index in [1.807, 2.05) is 27.9 Å². The number of hydrogen-bond donors (Lipinski definition) is 2. The zero-order chi connectivity index (χ0) is 22.9. The van der Waals surface area contributed by atoms with E-state index in [0.717, 1.165) is 45.1 Å². The third-order valence-corrected chi connectivity index (χ3v) is 9.46. The van der Waals surface area contributed by atoms with Gasteiger partial charge in [-0.1, -0.05) is 0 Å². The maximum absolute atomic E-state index is 12.2. The van der Waals surface area contributed by atoms with Crippen molar-refractivity contribution in [3.8, 4) is 0 Å². The van der Waals surface area contributed by atoms with Gasteiger partial charge >= 0.3 is 5.97 Å². The Kier molecular flexibility index (Phi) is 5.69. The van der Waals surface area contributed by atoms with Crippen molar-refractivity contribution in [2.24, 2.45) is 17.3 Å². The van der Waals surface area contributed by atoms with Crippen LogP contribution in [0, 0.1) is 17.3 Å². The molecule has 3 aliphatic carbocycles. The summed E-state index contributed by atoms with van der Waals surface area (Å²) in [6, 6.07) is 0.576. The Bertz CT molecular complexity index is 740. The highest BCUT2D eigenvalue weighted by Crippen LogP contribution is 2.70. The summed E-state index contributed by atoms with van der Waals surface area (Å²) >= 11 is 0. The first-order valence-corrected chi connectivity index (χ1v) is 12.7. The SMILES string of the molecule is CO[C@]12CCC(NCCC(=O)OC(C)(C)C)[C@@H]3OC4C(O)CCC5CC1N(C)CC[C@]32C54. The molecule has 1 spiro atoms. The Morgan fingerprint density at radius 3 is 2.75 bits per heavy atom. The fraction of sp³-hybridized carbons (Fsp3) is 0.960. The van der Waals surface area contributed by atoms with Gasteiger partial charge in [-0.3, -0.25) is 4.79 Å². The number of likely N-dealkylation sites (N-methyl/N-ethyl adjacent to an activating group) is 1. The van der Waals surface area contributed by atoms with E-state index in [1.165, 1.54) is 0 Å². The van der Waals surface area contributed by atoms with Crippen LogP contribution in [0.25, 0.3) is 0 Å². The van der Waals surface area contributed by atoms with E-state index in [1.54, 1.807) is 0 Å². The van der Waals surface area contributed by atoms with E-state index in [-0.39, 0.29) is 41.3 Å². The first-order chi connectivity index (χ1) is 15.1. The highest BCUT2D eigenvalue weighted by molar-refractivity contribution is 5.70. The molecule has 0 amide bonds. The molecule has 0 radical (unpaired) electrons. The summed E-state index contributed by atoms with van der Waals surface area (Å²) in [5.74, 6) is 0.778. The largest absolute Gasteiger partial charge is 0.460 e. The molecule has 0 aromatic carbocycles. The Morgan fingerprint density at radius 2 is 2.03 bits per heavy atom. The van der Waals surface area contributed by atoms with Crippen LogP contribution in [0.3, 0.4) is 0 Å². The lowest BCUT2D eigenvalue weighted by atomic mass is 9.42. The molecule has 7 nitrogen and oxygen atoms in total. The quantitative estimate of drug-likeness (QED) is 0.621. The van der Waals surface area contributed by atoms with Gasteiger partial charge in [-0.05, 0) is 78.8 Å². The number of hydrogen-bond acceptors (Lipinski definition) is 7. The molecule has 0 aromatic rings. The molecule has 0 aromatic heterocycles. The van der Waals surface area contributed by atoms with Gasteiger partial charge in [0.25, 0.3) is 0 Å². The highest BCUT2D eigenvalue weighted by atomic mass is 16.6. The molecule has 6 unspecified atom stereocenters. The van der Waals surface area contributed by atoms with Crippen molar-refractivity contribution in [3.05, 3.63) is 0 Å². The van der Waals surface area contributed by atoms with Crippen LogP contribution >= 0.6 is 0 Å². The average Bonchev–Trinajstić information content (AvgIpc) is 3.08. The van der Waals surface area contributed by atoms with Crippen LogP contribution in [0.15, 0.2) is 0 Å². The lowest BCUT2D eigenvalue weighted by Crippen LogP contribution is -2.78. The number of piperidine rings is 1. The van der Waals surface area contributed by atoms with Crippen molar-refractivity contribution >= 4 is 5.97 Å². The van der Waals surface area contributed by atoms with Gasteiger partial charge in [0.05, 0.1) is 30.3 Å². The van der Waals surface area contributed by atoms with Gasteiger partial charge in [-0.2, -0.15) is 0 Å². The lowest BCUT2D eigenvalue weighted by molar-refractivity contribution is -0.269. The van der Waals surface area contributed by atoms with Gasteiger partial charge in [0, 0.05) is 37.1 Å². The number of rotatable bonds is 5. The Balaban J connectivity index is 1.41. The van der Waals surface area contributed by atoms with Gasteiger partial charge in [0.2, 0.25) is 0 Å². The third kappa shape index (κ3) is 3.22. The fourth-order valence-corrected chi connectivity index (χ4v) is 8.52. The lowest BCUT2D eigenvalue weighted by Gasteiger charge is -2.69. The normalized spacial score (nSPS) is 47.8. The molecular formula is C25H42N2O5. The number of nitrogens with zero attached hydrogens (tertiary/aromatic N) is 1. The minimum Gasteiger partial charge on any atom is -0.460 e. The number of methoxy groups -OCH3 is 1. The third-order valence-electron chi connectivity index (χ3n) is 9.46. The maximum atomic E-state index is 12.2. The standard InChI is InChI=1S/C25H42N2O5/c1-23(2,3)32-19(29)9-12-26-16-8-10-25(30-5)18-14-15-6-7-17(28)21-20(15)24(25,22(16)31-21)11-13-27(18)4/h15-18,20-22,26,28H,6-14H2,1-5H3/t15?,16?,17?,18?,20?,21?,22-,24-,25+/m0/s1. The van der Waals surface area contributed by atoms with Gasteiger partial charge in [-0.15, -0.1) is 0 Å². The summed E-state index contributed by atoms with van der Waals surface area (Å²) in [5, 5.41) is 14.6. The summed E-state index contributed by atoms with van der Waals surface area (Å²) in [6.45, 7) is 7.33. The van der Waals surface area contributed by atoms with Crippen molar-refractivity contribution in [2.45, 2.75) is 107 Å². The van der Waals surface area contributed by atoms with E-state index in [2.05, 4.69) is 17.3 Å². The smallest absolute Gasteiger partial charge is 0.307 e. The summed E-state index contributed by atoms with van der Waals surface area (Å²) in [4.78, 5) is 14.8. The van der Waals surface area contributed by atoms with Crippen molar-refractivity contribution < 1.29 is 24.1 Å². The van der Waals surface area contributed by atoms with E-state index in [9.17, 15) is 9.90 Å². The first kappa shape index (κ1) is 23.0. The van der Waals surface area contributed by atoms with Crippen LogP contribution in [-0.2, 0) is 19.0 Å². The molecule has 2 saturated heterocycles. The van der Waals surface area contributed by atoms with Crippen LogP contribution in [0.5, 0.6) is 0 Å². The summed E-state index contributed by atoms with van der Waals surface area (Å²) < 4.78 is 18.8. The minimum atomic E-state index is -0.459. The Hall–Kier alpha value is -0.730. The monoisotopic (exact) mass is 450 g/mol. The van der Waals surface area contributed by atoms with Crippen LogP contribution in [0.4, 0.5) is 0 Å². The second kappa shape index (κ2) is 7.91. The molecule has 5 aliphatic rings. The van der Waals surface area contributed by atoms with Crippen molar-refractivity contribution in [3.63, 3.8) is 0 Å². The Morgan fingerprint density at radius 1 is 1.25 bits per heavy atom. The molecule has 5 rings (SSSR count). The molecule has 7 heteroatoms. The van der Waals surface area contributed by atoms with Crippen LogP contribution in [-0.4, -0.2) is 84.8 Å². The number of carbonyl (C=O) groups is 1. The second-order valence-corrected chi connectivity index (χ2v) is 12.0. The Labute approximate surface area is 192 Å². The molecule has 2 heterocycles. The predicted molar refractivity (Wildman–Crippen MR) is 120 cm³/mol. The van der Waals surface area contributed by atoms with Crippen LogP contribution in [0.2, 0.25) is 0 Å². The molecule has 182 valence electrons. The average molecular weight is 451 g/mol. The van der Waals surface area contributed by atoms with E-state index in [4.69, 9.17) is 14.2 Å². The van der Waals surface area contributed by atoms with Gasteiger partial charge in [0.1, 0.15) is 5.60 Å². The van der Waals surface area contributed by atoms with E-state index in [0.29, 0.717) is 30.8 Å². The topological polar surface area (TPSA) is 80.3 Å². The van der Waals surface area contributed by atoms with Gasteiger partial charge in [0.15, 0.2) is 0 Å².